The molecule has 0 radical (unpaired) electrons. The standard InChI is InChI=1S/C25H34N4O4S/c1-33-21-9-7-18(8-10-21)24-15-22(27-29(24)20-11-14-34(31,32)17-20)25(30)26-16-19-5-4-13-28-12-3-2-6-23(19)28/h7-10,15,19-20,23H,2-6,11-14,16-17H2,1H3,(H,26,30)/t19-,20-,23+/m0/s1. The highest BCUT2D eigenvalue weighted by Crippen LogP contribution is 2.32. The number of rotatable bonds is 6. The van der Waals surface area contributed by atoms with Gasteiger partial charge >= 0.3 is 0 Å². The molecule has 9 heteroatoms. The third-order valence-electron chi connectivity index (χ3n) is 7.66. The Hall–Kier alpha value is -2.39. The lowest BCUT2D eigenvalue weighted by atomic mass is 9.83. The minimum absolute atomic E-state index is 0.0541. The average molecular weight is 487 g/mol. The first kappa shape index (κ1) is 23.4. The number of carbonyl (C=O) groups is 1. The molecule has 0 unspecified atom stereocenters. The van der Waals surface area contributed by atoms with E-state index >= 15 is 0 Å². The Labute approximate surface area is 201 Å². The maximum absolute atomic E-state index is 13.1. The lowest BCUT2D eigenvalue weighted by molar-refractivity contribution is 0.0575. The predicted molar refractivity (Wildman–Crippen MR) is 131 cm³/mol. The van der Waals surface area contributed by atoms with Crippen molar-refractivity contribution in [2.45, 2.75) is 50.6 Å². The zero-order chi connectivity index (χ0) is 23.7. The van der Waals surface area contributed by atoms with E-state index in [4.69, 9.17) is 4.74 Å². The number of benzene rings is 1. The van der Waals surface area contributed by atoms with Crippen molar-refractivity contribution in [2.75, 3.05) is 38.2 Å². The van der Waals surface area contributed by atoms with Gasteiger partial charge in [0.2, 0.25) is 0 Å². The van der Waals surface area contributed by atoms with E-state index in [0.29, 0.717) is 30.6 Å². The van der Waals surface area contributed by atoms with Crippen molar-refractivity contribution in [3.8, 4) is 17.0 Å². The van der Waals surface area contributed by atoms with Gasteiger partial charge in [0.25, 0.3) is 5.91 Å². The molecule has 3 atom stereocenters. The van der Waals surface area contributed by atoms with Crippen LogP contribution < -0.4 is 10.1 Å². The van der Waals surface area contributed by atoms with Crippen molar-refractivity contribution in [2.24, 2.45) is 5.92 Å². The van der Waals surface area contributed by atoms with Gasteiger partial charge in [-0.3, -0.25) is 9.48 Å². The minimum atomic E-state index is -3.09. The number of amides is 1. The van der Waals surface area contributed by atoms with Gasteiger partial charge in [-0.15, -0.1) is 0 Å². The summed E-state index contributed by atoms with van der Waals surface area (Å²) >= 11 is 0. The van der Waals surface area contributed by atoms with E-state index in [1.54, 1.807) is 17.9 Å². The Morgan fingerprint density at radius 2 is 1.91 bits per heavy atom. The first-order chi connectivity index (χ1) is 16.4. The fourth-order valence-electron chi connectivity index (χ4n) is 5.86. The normalized spacial score (nSPS) is 26.7. The molecule has 8 nitrogen and oxygen atoms in total. The van der Waals surface area contributed by atoms with Crippen LogP contribution >= 0.6 is 0 Å². The molecule has 3 saturated heterocycles. The summed E-state index contributed by atoms with van der Waals surface area (Å²) in [4.78, 5) is 15.7. The molecule has 1 N–H and O–H groups in total. The Morgan fingerprint density at radius 3 is 2.65 bits per heavy atom. The van der Waals surface area contributed by atoms with Crippen LogP contribution in [0.3, 0.4) is 0 Å². The summed E-state index contributed by atoms with van der Waals surface area (Å²) in [5.41, 5.74) is 1.97. The number of methoxy groups -OCH3 is 1. The van der Waals surface area contributed by atoms with Crippen LogP contribution in [-0.4, -0.2) is 73.3 Å². The first-order valence-electron chi connectivity index (χ1n) is 12.4. The van der Waals surface area contributed by atoms with Crippen molar-refractivity contribution in [3.05, 3.63) is 36.0 Å². The Balaban J connectivity index is 1.36. The number of piperidine rings is 2. The van der Waals surface area contributed by atoms with E-state index in [9.17, 15) is 13.2 Å². The number of nitrogens with one attached hydrogen (secondary N) is 1. The van der Waals surface area contributed by atoms with Gasteiger partial charge in [-0.2, -0.15) is 5.10 Å². The highest BCUT2D eigenvalue weighted by molar-refractivity contribution is 7.91. The molecule has 1 amide bonds. The van der Waals surface area contributed by atoms with E-state index < -0.39 is 9.84 Å². The maximum Gasteiger partial charge on any atom is 0.271 e. The molecule has 34 heavy (non-hydrogen) atoms. The molecule has 3 fully saturated rings. The topological polar surface area (TPSA) is 93.5 Å². The lowest BCUT2D eigenvalue weighted by Gasteiger charge is -2.44. The van der Waals surface area contributed by atoms with Crippen molar-refractivity contribution in [1.29, 1.82) is 0 Å². The summed E-state index contributed by atoms with van der Waals surface area (Å²) in [5.74, 6) is 1.22. The number of nitrogens with zero attached hydrogens (tertiary/aromatic N) is 3. The van der Waals surface area contributed by atoms with Gasteiger partial charge in [0.05, 0.1) is 30.4 Å². The second-order valence-corrected chi connectivity index (χ2v) is 12.1. The number of aromatic nitrogens is 2. The van der Waals surface area contributed by atoms with Gasteiger partial charge in [0, 0.05) is 18.2 Å². The predicted octanol–water partition coefficient (Wildman–Crippen LogP) is 2.91. The van der Waals surface area contributed by atoms with Gasteiger partial charge in [-0.05, 0) is 81.4 Å². The van der Waals surface area contributed by atoms with Crippen LogP contribution in [0.25, 0.3) is 11.3 Å². The summed E-state index contributed by atoms with van der Waals surface area (Å²) in [6, 6.07) is 9.63. The molecule has 3 aliphatic rings. The summed E-state index contributed by atoms with van der Waals surface area (Å²) in [6.45, 7) is 3.01. The molecule has 0 spiro atoms. The number of hydrogen-bond acceptors (Lipinski definition) is 6. The van der Waals surface area contributed by atoms with Crippen LogP contribution in [0.5, 0.6) is 5.75 Å². The molecular weight excluding hydrogens is 452 g/mol. The van der Waals surface area contributed by atoms with Crippen LogP contribution in [0.2, 0.25) is 0 Å². The van der Waals surface area contributed by atoms with Crippen LogP contribution in [-0.2, 0) is 9.84 Å². The molecule has 0 aliphatic carbocycles. The fraction of sp³-hybridized carbons (Fsp3) is 0.600. The molecule has 0 saturated carbocycles. The number of carbonyl (C=O) groups excluding carboxylic acids is 1. The van der Waals surface area contributed by atoms with Gasteiger partial charge in [-0.1, -0.05) is 6.42 Å². The molecule has 1 aromatic carbocycles. The maximum atomic E-state index is 13.1. The van der Waals surface area contributed by atoms with E-state index in [2.05, 4.69) is 15.3 Å². The fourth-order valence-corrected chi connectivity index (χ4v) is 7.55. The quantitative estimate of drug-likeness (QED) is 0.675. The minimum Gasteiger partial charge on any atom is -0.497 e. The Morgan fingerprint density at radius 1 is 1.12 bits per heavy atom. The van der Waals surface area contributed by atoms with Crippen LogP contribution in [0.4, 0.5) is 0 Å². The van der Waals surface area contributed by atoms with Gasteiger partial charge in [0.15, 0.2) is 15.5 Å². The largest absolute Gasteiger partial charge is 0.497 e. The van der Waals surface area contributed by atoms with E-state index in [1.165, 1.54) is 38.8 Å². The summed E-state index contributed by atoms with van der Waals surface area (Å²) < 4.78 is 31.3. The van der Waals surface area contributed by atoms with Crippen molar-refractivity contribution < 1.29 is 17.9 Å². The highest BCUT2D eigenvalue weighted by Gasteiger charge is 2.34. The SMILES string of the molecule is COc1ccc(-c2cc(C(=O)NC[C@@H]3CCCN4CCCC[C@H]34)nn2[C@H]2CCS(=O)(=O)C2)cc1. The van der Waals surface area contributed by atoms with Gasteiger partial charge in [-0.25, -0.2) is 8.42 Å². The third kappa shape index (κ3) is 4.86. The van der Waals surface area contributed by atoms with Crippen LogP contribution in [0.1, 0.15) is 55.1 Å². The van der Waals surface area contributed by atoms with Crippen molar-refractivity contribution in [1.82, 2.24) is 20.0 Å². The third-order valence-corrected chi connectivity index (χ3v) is 9.41. The molecule has 1 aromatic heterocycles. The molecule has 0 bridgehead atoms. The van der Waals surface area contributed by atoms with Crippen molar-refractivity contribution in [3.63, 3.8) is 0 Å². The average Bonchev–Trinajstić information content (AvgIpc) is 3.46. The van der Waals surface area contributed by atoms with E-state index in [-0.39, 0.29) is 23.5 Å². The second kappa shape index (κ2) is 9.70. The Kier molecular flexibility index (Phi) is 6.66. The summed E-state index contributed by atoms with van der Waals surface area (Å²) in [7, 11) is -1.47. The second-order valence-electron chi connectivity index (χ2n) is 9.86. The summed E-state index contributed by atoms with van der Waals surface area (Å²) in [5, 5.41) is 7.76. The van der Waals surface area contributed by atoms with E-state index in [0.717, 1.165) is 23.4 Å². The molecule has 2 aromatic rings. The monoisotopic (exact) mass is 486 g/mol. The zero-order valence-corrected chi connectivity index (χ0v) is 20.6. The van der Waals surface area contributed by atoms with Gasteiger partial charge < -0.3 is 15.0 Å². The van der Waals surface area contributed by atoms with Crippen LogP contribution in [0.15, 0.2) is 30.3 Å². The molecule has 5 rings (SSSR count). The molecule has 4 heterocycles. The Bertz CT molecular complexity index is 1130. The van der Waals surface area contributed by atoms with E-state index in [1.807, 2.05) is 24.3 Å². The first-order valence-corrected chi connectivity index (χ1v) is 14.2. The molecule has 3 aliphatic heterocycles. The highest BCUT2D eigenvalue weighted by atomic mass is 32.2. The molecule has 184 valence electrons. The number of ether oxygens (including phenoxy) is 1. The number of fused-ring (bicyclic) bond motifs is 1. The summed E-state index contributed by atoms with van der Waals surface area (Å²) in [6.07, 6.45) is 6.60. The zero-order valence-electron chi connectivity index (χ0n) is 19.8. The smallest absolute Gasteiger partial charge is 0.271 e. The molecular formula is C25H34N4O4S. The number of hydrogen-bond donors (Lipinski definition) is 1. The van der Waals surface area contributed by atoms with Gasteiger partial charge in [0.1, 0.15) is 5.75 Å². The van der Waals surface area contributed by atoms with Crippen molar-refractivity contribution >= 4 is 15.7 Å². The van der Waals surface area contributed by atoms with Crippen LogP contribution in [0, 0.1) is 5.92 Å². The lowest BCUT2D eigenvalue weighted by Crippen LogP contribution is -2.51. The number of sulfone groups is 1.